The molecule has 1 N–H and O–H groups in total. The van der Waals surface area contributed by atoms with Gasteiger partial charge in [0.15, 0.2) is 5.76 Å². The number of benzene rings is 1. The van der Waals surface area contributed by atoms with Gasteiger partial charge in [-0.05, 0) is 26.0 Å². The average Bonchev–Trinajstić information content (AvgIpc) is 3.13. The molecule has 0 saturated carbocycles. The summed E-state index contributed by atoms with van der Waals surface area (Å²) in [7, 11) is 0. The fourth-order valence-corrected chi connectivity index (χ4v) is 4.69. The third kappa shape index (κ3) is 3.23. The predicted molar refractivity (Wildman–Crippen MR) is 115 cm³/mol. The molecule has 0 radical (unpaired) electrons. The van der Waals surface area contributed by atoms with Gasteiger partial charge in [-0.15, -0.1) is 0 Å². The number of hydrogen-bond donors (Lipinski definition) is 1. The van der Waals surface area contributed by atoms with Gasteiger partial charge < -0.3 is 23.4 Å². The van der Waals surface area contributed by atoms with Gasteiger partial charge >= 0.3 is 11.8 Å². The van der Waals surface area contributed by atoms with Gasteiger partial charge in [0.1, 0.15) is 17.1 Å². The number of aromatic nitrogens is 1. The number of carbonyl (C=O) groups is 1. The smallest absolute Gasteiger partial charge is 0.477 e. The molecule has 0 spiro atoms. The molecule has 1 fully saturated rings. The molecule has 3 aromatic rings. The van der Waals surface area contributed by atoms with Crippen molar-refractivity contribution in [1.82, 2.24) is 9.47 Å². The number of pyridine rings is 1. The third-order valence-electron chi connectivity index (χ3n) is 5.06. The lowest BCUT2D eigenvalue weighted by Gasteiger charge is -2.37. The van der Waals surface area contributed by atoms with E-state index in [1.54, 1.807) is 6.92 Å². The number of fused-ring (bicyclic) bond motifs is 3. The topological polar surface area (TPSA) is 109 Å². The summed E-state index contributed by atoms with van der Waals surface area (Å²) in [4.78, 5) is 36.3. The zero-order chi connectivity index (χ0) is 29.9. The first-order chi connectivity index (χ1) is 18.3. The number of nitrogens with zero attached hydrogens (tertiary/aromatic N) is 3. The number of rotatable bonds is 4. The first-order valence-electron chi connectivity index (χ1n) is 13.3. The summed E-state index contributed by atoms with van der Waals surface area (Å²) in [5.74, 6) is -4.65. The van der Waals surface area contributed by atoms with E-state index in [0.717, 1.165) is 17.8 Å². The largest absolute Gasteiger partial charge is 0.519 e. The van der Waals surface area contributed by atoms with E-state index >= 15 is 4.39 Å². The Balaban J connectivity index is 1.74. The summed E-state index contributed by atoms with van der Waals surface area (Å²) in [6.07, 6.45) is 0. The lowest BCUT2D eigenvalue weighted by molar-refractivity contribution is 0.0689. The van der Waals surface area contributed by atoms with E-state index in [1.165, 1.54) is 11.5 Å². The summed E-state index contributed by atoms with van der Waals surface area (Å²) < 4.78 is 95.3. The Labute approximate surface area is 196 Å². The van der Waals surface area contributed by atoms with Crippen molar-refractivity contribution in [1.29, 1.82) is 0 Å². The summed E-state index contributed by atoms with van der Waals surface area (Å²) >= 11 is 1.05. The zero-order valence-electron chi connectivity index (χ0n) is 24.6. The second-order valence-corrected chi connectivity index (χ2v) is 8.33. The summed E-state index contributed by atoms with van der Waals surface area (Å²) in [6, 6.07) is 1.49. The number of thioether (sulfide) groups is 1. The van der Waals surface area contributed by atoms with Gasteiger partial charge in [-0.1, -0.05) is 11.8 Å². The Morgan fingerprint density at radius 1 is 1.28 bits per heavy atom. The molecule has 2 aliphatic heterocycles. The van der Waals surface area contributed by atoms with Crippen LogP contribution in [0.2, 0.25) is 0 Å². The second-order valence-electron chi connectivity index (χ2n) is 7.02. The lowest BCUT2D eigenvalue weighted by Crippen LogP contribution is -2.46. The molecule has 0 aliphatic carbocycles. The minimum Gasteiger partial charge on any atom is -0.477 e. The van der Waals surface area contributed by atoms with Crippen molar-refractivity contribution >= 4 is 34.3 Å². The van der Waals surface area contributed by atoms with E-state index in [1.807, 2.05) is 0 Å². The van der Waals surface area contributed by atoms with Gasteiger partial charge in [-0.2, -0.15) is 0 Å². The van der Waals surface area contributed by atoms with E-state index in [-0.39, 0.29) is 37.2 Å². The molecule has 168 valence electrons. The maximum atomic E-state index is 15.7. The fraction of sp³-hybridized carbons (Fsp3) is 0.381. The molecular formula is C21H20FN3O6S. The van der Waals surface area contributed by atoms with E-state index in [0.29, 0.717) is 6.07 Å². The van der Waals surface area contributed by atoms with Crippen molar-refractivity contribution in [3.63, 3.8) is 0 Å². The SMILES string of the molecule is [2H]C1([2H])N(Cc2oc(=O)oc2C)C([2H])([2H])C([2H])([2H])N(c2cc3c(cc2F)c(=O)c(C(=O)O)c2n3C(C)S2)C1([2H])[2H]. The molecule has 1 aromatic carbocycles. The van der Waals surface area contributed by atoms with Crippen molar-refractivity contribution in [2.24, 2.45) is 0 Å². The number of halogens is 1. The molecular weight excluding hydrogens is 441 g/mol. The van der Waals surface area contributed by atoms with Crippen molar-refractivity contribution < 1.29 is 34.1 Å². The number of hydrogen-bond acceptors (Lipinski definition) is 8. The Kier molecular flexibility index (Phi) is 3.17. The van der Waals surface area contributed by atoms with Gasteiger partial charge in [0.2, 0.25) is 5.43 Å². The predicted octanol–water partition coefficient (Wildman–Crippen LogP) is 2.64. The highest BCUT2D eigenvalue weighted by atomic mass is 32.2. The summed E-state index contributed by atoms with van der Waals surface area (Å²) in [6.45, 7) is -11.7. The molecule has 1 saturated heterocycles. The number of aromatic carboxylic acids is 1. The van der Waals surface area contributed by atoms with Gasteiger partial charge in [0, 0.05) is 36.9 Å². The van der Waals surface area contributed by atoms with Crippen LogP contribution in [0.25, 0.3) is 10.9 Å². The second kappa shape index (κ2) is 7.52. The maximum absolute atomic E-state index is 15.7. The van der Waals surface area contributed by atoms with Crippen molar-refractivity contribution in [2.75, 3.05) is 30.9 Å². The minimum absolute atomic E-state index is 0.00266. The van der Waals surface area contributed by atoms with Crippen LogP contribution in [0, 0.1) is 12.7 Å². The van der Waals surface area contributed by atoms with E-state index in [4.69, 9.17) is 19.8 Å². The Hall–Kier alpha value is -3.05. The van der Waals surface area contributed by atoms with Crippen LogP contribution in [0.1, 0.15) is 45.1 Å². The van der Waals surface area contributed by atoms with E-state index in [9.17, 15) is 19.5 Å². The maximum Gasteiger partial charge on any atom is 0.519 e. The highest BCUT2D eigenvalue weighted by molar-refractivity contribution is 8.00. The van der Waals surface area contributed by atoms with Crippen LogP contribution in [-0.2, 0) is 6.54 Å². The normalized spacial score (nSPS) is 28.6. The number of aryl methyl sites for hydroxylation is 1. The van der Waals surface area contributed by atoms with Crippen LogP contribution in [0.15, 0.2) is 35.6 Å². The van der Waals surface area contributed by atoms with Crippen LogP contribution in [-0.4, -0.2) is 46.5 Å². The highest BCUT2D eigenvalue weighted by Crippen LogP contribution is 2.46. The zero-order valence-corrected chi connectivity index (χ0v) is 17.4. The lowest BCUT2D eigenvalue weighted by atomic mass is 10.1. The Morgan fingerprint density at radius 2 is 2.00 bits per heavy atom. The van der Waals surface area contributed by atoms with Crippen LogP contribution >= 0.6 is 11.8 Å². The number of anilines is 1. The first-order valence-corrected chi connectivity index (χ1v) is 10.1. The van der Waals surface area contributed by atoms with Gasteiger partial charge in [-0.3, -0.25) is 9.69 Å². The van der Waals surface area contributed by atoms with E-state index < -0.39 is 72.2 Å². The summed E-state index contributed by atoms with van der Waals surface area (Å²) in [5.41, 5.74) is -2.58. The fourth-order valence-electron chi connectivity index (χ4n) is 3.53. The molecule has 9 nitrogen and oxygen atoms in total. The van der Waals surface area contributed by atoms with Gasteiger partial charge in [0.05, 0.1) is 33.6 Å². The van der Waals surface area contributed by atoms with Crippen LogP contribution in [0.5, 0.6) is 0 Å². The number of carboxylic acid groups (broad SMARTS) is 1. The first kappa shape index (κ1) is 13.5. The monoisotopic (exact) mass is 469 g/mol. The molecule has 1 atom stereocenters. The molecule has 0 bridgehead atoms. The Bertz CT molecular complexity index is 1690. The molecule has 11 heteroatoms. The molecule has 5 rings (SSSR count). The standard InChI is InChI=1S/C21H20FN3O6S/c1-10-16(31-21(29)30-10)9-23-3-5-24(6-4-23)15-8-14-12(7-13(15)22)18(26)17(20(27)28)19-25(14)11(2)32-19/h7-8,11H,3-6,9H2,1-2H3,(H,27,28)/i3D2,4D2,5D2,6D2. The van der Waals surface area contributed by atoms with Crippen LogP contribution in [0.4, 0.5) is 10.1 Å². The Morgan fingerprint density at radius 3 is 2.59 bits per heavy atom. The van der Waals surface area contributed by atoms with Crippen molar-refractivity contribution in [3.05, 3.63) is 55.9 Å². The summed E-state index contributed by atoms with van der Waals surface area (Å²) in [5, 5.41) is 8.76. The van der Waals surface area contributed by atoms with Gasteiger partial charge in [0.25, 0.3) is 0 Å². The van der Waals surface area contributed by atoms with E-state index in [2.05, 4.69) is 0 Å². The third-order valence-corrected chi connectivity index (χ3v) is 6.24. The highest BCUT2D eigenvalue weighted by Gasteiger charge is 2.33. The molecule has 2 aliphatic rings. The molecule has 2 aromatic heterocycles. The van der Waals surface area contributed by atoms with Crippen LogP contribution in [0.3, 0.4) is 0 Å². The van der Waals surface area contributed by atoms with Gasteiger partial charge in [-0.25, -0.2) is 14.0 Å². The number of carboxylic acids is 1. The number of piperazine rings is 1. The quantitative estimate of drug-likeness (QED) is 0.617. The van der Waals surface area contributed by atoms with Crippen molar-refractivity contribution in [2.45, 2.75) is 30.8 Å². The molecule has 1 unspecified atom stereocenters. The van der Waals surface area contributed by atoms with Crippen LogP contribution < -0.4 is 16.2 Å². The molecule has 32 heavy (non-hydrogen) atoms. The minimum atomic E-state index is -3.48. The molecule has 4 heterocycles. The van der Waals surface area contributed by atoms with Crippen molar-refractivity contribution in [3.8, 4) is 0 Å². The average molecular weight is 470 g/mol. The molecule has 0 amide bonds.